The minimum atomic E-state index is -0.475. The van der Waals surface area contributed by atoms with E-state index in [-0.39, 0.29) is 17.5 Å². The molecule has 31 heavy (non-hydrogen) atoms. The second-order valence-electron chi connectivity index (χ2n) is 7.42. The van der Waals surface area contributed by atoms with Crippen LogP contribution < -0.4 is 10.6 Å². The summed E-state index contributed by atoms with van der Waals surface area (Å²) in [5, 5.41) is 0. The van der Waals surface area contributed by atoms with Gasteiger partial charge >= 0.3 is 0 Å². The Labute approximate surface area is 179 Å². The summed E-state index contributed by atoms with van der Waals surface area (Å²) >= 11 is 0. The molecule has 8 nitrogen and oxygen atoms in total. The van der Waals surface area contributed by atoms with E-state index in [4.69, 9.17) is 15.5 Å². The van der Waals surface area contributed by atoms with E-state index in [1.807, 2.05) is 14.1 Å². The number of ether oxygens (including phenoxy) is 1. The highest BCUT2D eigenvalue weighted by Gasteiger charge is 2.30. The lowest BCUT2D eigenvalue weighted by atomic mass is 10.0. The zero-order valence-electron chi connectivity index (χ0n) is 17.3. The third-order valence-corrected chi connectivity index (χ3v) is 5.09. The van der Waals surface area contributed by atoms with Crippen molar-refractivity contribution in [2.24, 2.45) is 0 Å². The highest BCUT2D eigenvalue weighted by atomic mass is 19.1. The van der Waals surface area contributed by atoms with Gasteiger partial charge < -0.3 is 20.3 Å². The molecular weight excluding hydrogens is 399 g/mol. The SMILES string of the molecule is CN(C)c1ncc(-c2ccc(F)cc2)c([C@@H]2CN(C(=O)c3cccnc3N)CCO2)n1. The van der Waals surface area contributed by atoms with Gasteiger partial charge in [-0.05, 0) is 29.8 Å². The molecule has 4 rings (SSSR count). The van der Waals surface area contributed by atoms with Crippen molar-refractivity contribution in [2.45, 2.75) is 6.10 Å². The van der Waals surface area contributed by atoms with Crippen molar-refractivity contribution in [2.75, 3.05) is 44.4 Å². The smallest absolute Gasteiger partial charge is 0.257 e. The third kappa shape index (κ3) is 4.31. The van der Waals surface area contributed by atoms with Gasteiger partial charge in [0.1, 0.15) is 17.7 Å². The van der Waals surface area contributed by atoms with Crippen LogP contribution in [0.5, 0.6) is 0 Å². The lowest BCUT2D eigenvalue weighted by Gasteiger charge is -2.33. The Morgan fingerprint density at radius 2 is 2.00 bits per heavy atom. The van der Waals surface area contributed by atoms with E-state index in [1.165, 1.54) is 12.1 Å². The summed E-state index contributed by atoms with van der Waals surface area (Å²) in [6.07, 6.45) is 2.78. The second-order valence-corrected chi connectivity index (χ2v) is 7.42. The van der Waals surface area contributed by atoms with Crippen molar-refractivity contribution in [1.29, 1.82) is 0 Å². The largest absolute Gasteiger partial charge is 0.383 e. The van der Waals surface area contributed by atoms with Crippen LogP contribution in [-0.4, -0.2) is 59.6 Å². The van der Waals surface area contributed by atoms with Gasteiger partial charge in [0, 0.05) is 38.6 Å². The molecule has 1 atom stereocenters. The van der Waals surface area contributed by atoms with Crippen molar-refractivity contribution >= 4 is 17.7 Å². The van der Waals surface area contributed by atoms with Crippen LogP contribution >= 0.6 is 0 Å². The van der Waals surface area contributed by atoms with Crippen LogP contribution in [-0.2, 0) is 4.74 Å². The number of halogens is 1. The second kappa shape index (κ2) is 8.65. The number of hydrogen-bond donors (Lipinski definition) is 1. The number of aromatic nitrogens is 3. The van der Waals surface area contributed by atoms with Crippen LogP contribution in [0.2, 0.25) is 0 Å². The summed E-state index contributed by atoms with van der Waals surface area (Å²) in [4.78, 5) is 29.6. The molecule has 1 amide bonds. The maximum atomic E-state index is 13.4. The first-order valence-electron chi connectivity index (χ1n) is 9.85. The van der Waals surface area contributed by atoms with Gasteiger partial charge in [-0.1, -0.05) is 12.1 Å². The highest BCUT2D eigenvalue weighted by Crippen LogP contribution is 2.32. The Hall–Kier alpha value is -3.59. The van der Waals surface area contributed by atoms with E-state index in [2.05, 4.69) is 9.97 Å². The minimum Gasteiger partial charge on any atom is -0.383 e. The molecule has 9 heteroatoms. The summed E-state index contributed by atoms with van der Waals surface area (Å²) in [7, 11) is 3.69. The van der Waals surface area contributed by atoms with Crippen LogP contribution in [0.25, 0.3) is 11.1 Å². The standard InChI is InChI=1S/C22H23FN6O2/c1-28(2)22-26-12-17(14-5-7-15(23)8-6-14)19(27-22)18-13-29(10-11-31-18)21(30)16-4-3-9-25-20(16)24/h3-9,12,18H,10-11,13H2,1-2H3,(H2,24,25)/t18-/m0/s1. The summed E-state index contributed by atoms with van der Waals surface area (Å²) in [6.45, 7) is 1.08. The molecule has 0 radical (unpaired) electrons. The van der Waals surface area contributed by atoms with Crippen LogP contribution in [0.1, 0.15) is 22.2 Å². The molecule has 1 aliphatic rings. The molecule has 0 aliphatic carbocycles. The molecule has 1 aliphatic heterocycles. The minimum absolute atomic E-state index is 0.194. The number of morpholine rings is 1. The third-order valence-electron chi connectivity index (χ3n) is 5.09. The van der Waals surface area contributed by atoms with E-state index in [1.54, 1.807) is 46.5 Å². The first-order chi connectivity index (χ1) is 14.9. The fraction of sp³-hybridized carbons (Fsp3) is 0.273. The predicted molar refractivity (Wildman–Crippen MR) is 115 cm³/mol. The van der Waals surface area contributed by atoms with E-state index < -0.39 is 6.10 Å². The highest BCUT2D eigenvalue weighted by molar-refractivity contribution is 5.98. The van der Waals surface area contributed by atoms with E-state index >= 15 is 0 Å². The Balaban J connectivity index is 1.69. The van der Waals surface area contributed by atoms with Gasteiger partial charge in [0.05, 0.1) is 24.4 Å². The molecule has 1 aromatic carbocycles. The number of hydrogen-bond acceptors (Lipinski definition) is 7. The number of nitrogens with two attached hydrogens (primary N) is 1. The molecule has 0 saturated carbocycles. The Kier molecular flexibility index (Phi) is 5.77. The molecule has 2 aromatic heterocycles. The molecule has 160 valence electrons. The van der Waals surface area contributed by atoms with E-state index in [9.17, 15) is 9.18 Å². The molecule has 0 spiro atoms. The maximum absolute atomic E-state index is 13.4. The number of nitrogens with zero attached hydrogens (tertiary/aromatic N) is 5. The average molecular weight is 422 g/mol. The number of rotatable bonds is 4. The zero-order valence-corrected chi connectivity index (χ0v) is 17.3. The van der Waals surface area contributed by atoms with Crippen LogP contribution in [0, 0.1) is 5.82 Å². The van der Waals surface area contributed by atoms with Crippen molar-refractivity contribution in [1.82, 2.24) is 19.9 Å². The number of carbonyl (C=O) groups excluding carboxylic acids is 1. The summed E-state index contributed by atoms with van der Waals surface area (Å²) in [5.41, 5.74) is 8.39. The summed E-state index contributed by atoms with van der Waals surface area (Å²) in [6, 6.07) is 9.48. The van der Waals surface area contributed by atoms with Gasteiger partial charge in [-0.2, -0.15) is 0 Å². The summed E-state index contributed by atoms with van der Waals surface area (Å²) < 4.78 is 19.4. The Morgan fingerprint density at radius 3 is 2.71 bits per heavy atom. The van der Waals surface area contributed by atoms with Crippen molar-refractivity contribution in [3.63, 3.8) is 0 Å². The Bertz CT molecular complexity index is 1090. The molecule has 3 aromatic rings. The number of pyridine rings is 1. The fourth-order valence-electron chi connectivity index (χ4n) is 3.47. The van der Waals surface area contributed by atoms with Gasteiger partial charge in [-0.25, -0.2) is 19.3 Å². The average Bonchev–Trinajstić information content (AvgIpc) is 2.79. The van der Waals surface area contributed by atoms with E-state index in [0.29, 0.717) is 36.9 Å². The normalized spacial score (nSPS) is 16.2. The van der Waals surface area contributed by atoms with Crippen LogP contribution in [0.3, 0.4) is 0 Å². The van der Waals surface area contributed by atoms with Crippen molar-refractivity contribution in [3.8, 4) is 11.1 Å². The molecular formula is C22H23FN6O2. The van der Waals surface area contributed by atoms with Crippen LogP contribution in [0.4, 0.5) is 16.2 Å². The molecule has 1 saturated heterocycles. The molecule has 1 fully saturated rings. The molecule has 0 bridgehead atoms. The number of benzene rings is 1. The Morgan fingerprint density at radius 1 is 1.23 bits per heavy atom. The quantitative estimate of drug-likeness (QED) is 0.690. The van der Waals surface area contributed by atoms with Gasteiger partial charge in [0.25, 0.3) is 5.91 Å². The number of amides is 1. The number of carbonyl (C=O) groups is 1. The van der Waals surface area contributed by atoms with Gasteiger partial charge in [0.15, 0.2) is 0 Å². The fourth-order valence-corrected chi connectivity index (χ4v) is 3.47. The predicted octanol–water partition coefficient (Wildman–Crippen LogP) is 2.54. The first kappa shape index (κ1) is 20.7. The molecule has 0 unspecified atom stereocenters. The van der Waals surface area contributed by atoms with Gasteiger partial charge in [-0.3, -0.25) is 4.79 Å². The maximum Gasteiger partial charge on any atom is 0.257 e. The molecule has 2 N–H and O–H groups in total. The first-order valence-corrected chi connectivity index (χ1v) is 9.85. The van der Waals surface area contributed by atoms with Gasteiger partial charge in [-0.15, -0.1) is 0 Å². The monoisotopic (exact) mass is 422 g/mol. The zero-order chi connectivity index (χ0) is 22.0. The van der Waals surface area contributed by atoms with Gasteiger partial charge in [0.2, 0.25) is 5.95 Å². The molecule has 3 heterocycles. The lowest BCUT2D eigenvalue weighted by Crippen LogP contribution is -2.43. The van der Waals surface area contributed by atoms with Crippen molar-refractivity contribution < 1.29 is 13.9 Å². The lowest BCUT2D eigenvalue weighted by molar-refractivity contribution is -0.0244. The topological polar surface area (TPSA) is 97.5 Å². The summed E-state index contributed by atoms with van der Waals surface area (Å²) in [5.74, 6) is 0.184. The number of anilines is 2. The van der Waals surface area contributed by atoms with Crippen LogP contribution in [0.15, 0.2) is 48.8 Å². The van der Waals surface area contributed by atoms with E-state index in [0.717, 1.165) is 11.1 Å². The number of nitrogen functional groups attached to an aromatic ring is 1. The van der Waals surface area contributed by atoms with Crippen molar-refractivity contribution in [3.05, 3.63) is 65.9 Å².